The van der Waals surface area contributed by atoms with Crippen molar-refractivity contribution < 1.29 is 4.74 Å². The van der Waals surface area contributed by atoms with E-state index >= 15 is 0 Å². The van der Waals surface area contributed by atoms with Gasteiger partial charge in [0, 0.05) is 19.3 Å². The molecule has 0 amide bonds. The zero-order chi connectivity index (χ0) is 9.40. The fourth-order valence-electron chi connectivity index (χ4n) is 1.32. The molecular weight excluding hydrogens is 150 g/mol. The Hall–Kier alpha value is -0.0800. The number of ether oxygens (including phenoxy) is 1. The summed E-state index contributed by atoms with van der Waals surface area (Å²) in [4.78, 5) is 0. The highest BCUT2D eigenvalue weighted by atomic mass is 16.5. The van der Waals surface area contributed by atoms with Crippen molar-refractivity contribution in [2.75, 3.05) is 13.2 Å². The van der Waals surface area contributed by atoms with Gasteiger partial charge in [-0.25, -0.2) is 0 Å². The van der Waals surface area contributed by atoms with Gasteiger partial charge < -0.3 is 10.5 Å². The molecule has 0 aromatic rings. The van der Waals surface area contributed by atoms with Crippen molar-refractivity contribution in [2.24, 2.45) is 11.7 Å². The van der Waals surface area contributed by atoms with E-state index in [0.29, 0.717) is 12.0 Å². The zero-order valence-corrected chi connectivity index (χ0v) is 8.68. The van der Waals surface area contributed by atoms with E-state index in [9.17, 15) is 0 Å². The predicted octanol–water partition coefficient (Wildman–Crippen LogP) is 2.18. The first-order valence-corrected chi connectivity index (χ1v) is 5.00. The molecule has 12 heavy (non-hydrogen) atoms. The topological polar surface area (TPSA) is 35.2 Å². The summed E-state index contributed by atoms with van der Waals surface area (Å²) in [6.45, 7) is 8.13. The molecule has 0 fully saturated rings. The first-order chi connectivity index (χ1) is 5.66. The fraction of sp³-hybridized carbons (Fsp3) is 1.00. The summed E-state index contributed by atoms with van der Waals surface area (Å²) in [5.74, 6) is 0.715. The van der Waals surface area contributed by atoms with Crippen LogP contribution in [-0.4, -0.2) is 19.3 Å². The van der Waals surface area contributed by atoms with Crippen molar-refractivity contribution in [2.45, 2.75) is 46.1 Å². The zero-order valence-electron chi connectivity index (χ0n) is 8.68. The third-order valence-corrected chi connectivity index (χ3v) is 1.84. The second-order valence-corrected chi connectivity index (χ2v) is 3.73. The van der Waals surface area contributed by atoms with Gasteiger partial charge in [0.15, 0.2) is 0 Å². The molecular formula is C10H23NO. The summed E-state index contributed by atoms with van der Waals surface area (Å²) in [7, 11) is 0. The Morgan fingerprint density at radius 3 is 2.50 bits per heavy atom. The summed E-state index contributed by atoms with van der Waals surface area (Å²) >= 11 is 0. The Bertz CT molecular complexity index is 93.8. The third kappa shape index (κ3) is 8.02. The fourth-order valence-corrected chi connectivity index (χ4v) is 1.32. The molecule has 0 aromatic carbocycles. The molecule has 1 unspecified atom stereocenters. The minimum absolute atomic E-state index is 0.366. The summed E-state index contributed by atoms with van der Waals surface area (Å²) < 4.78 is 5.23. The molecule has 0 aliphatic heterocycles. The molecule has 2 nitrogen and oxygen atoms in total. The molecule has 0 radical (unpaired) electrons. The summed E-state index contributed by atoms with van der Waals surface area (Å²) in [5.41, 5.74) is 5.90. The molecule has 0 saturated carbocycles. The monoisotopic (exact) mass is 173 g/mol. The second kappa shape index (κ2) is 7.56. The molecule has 0 bridgehead atoms. The van der Waals surface area contributed by atoms with Crippen molar-refractivity contribution in [3.05, 3.63) is 0 Å². The van der Waals surface area contributed by atoms with E-state index in [1.807, 2.05) is 6.92 Å². The van der Waals surface area contributed by atoms with Crippen LogP contribution in [0.2, 0.25) is 0 Å². The van der Waals surface area contributed by atoms with E-state index in [2.05, 4.69) is 13.8 Å². The molecule has 74 valence electrons. The van der Waals surface area contributed by atoms with Crippen molar-refractivity contribution >= 4 is 0 Å². The molecule has 0 spiro atoms. The quantitative estimate of drug-likeness (QED) is 0.599. The minimum Gasteiger partial charge on any atom is -0.382 e. The van der Waals surface area contributed by atoms with Gasteiger partial charge >= 0.3 is 0 Å². The number of nitrogens with two attached hydrogens (primary N) is 1. The van der Waals surface area contributed by atoms with E-state index in [0.717, 1.165) is 32.5 Å². The number of hydrogen-bond acceptors (Lipinski definition) is 2. The van der Waals surface area contributed by atoms with Crippen molar-refractivity contribution in [1.82, 2.24) is 0 Å². The predicted molar refractivity (Wildman–Crippen MR) is 53.2 cm³/mol. The smallest absolute Gasteiger partial charge is 0.0466 e. The van der Waals surface area contributed by atoms with Crippen LogP contribution in [0.3, 0.4) is 0 Å². The number of hydrogen-bond donors (Lipinski definition) is 1. The maximum atomic E-state index is 5.90. The second-order valence-electron chi connectivity index (χ2n) is 3.73. The van der Waals surface area contributed by atoms with Crippen LogP contribution in [0.15, 0.2) is 0 Å². The lowest BCUT2D eigenvalue weighted by Gasteiger charge is -2.13. The molecule has 0 aliphatic rings. The van der Waals surface area contributed by atoms with Crippen LogP contribution in [0.25, 0.3) is 0 Å². The largest absolute Gasteiger partial charge is 0.382 e. The SMILES string of the molecule is CCOCCCC(N)CC(C)C. The maximum absolute atomic E-state index is 5.90. The van der Waals surface area contributed by atoms with Crippen molar-refractivity contribution in [1.29, 1.82) is 0 Å². The van der Waals surface area contributed by atoms with Crippen LogP contribution in [0.5, 0.6) is 0 Å². The average Bonchev–Trinajstić information content (AvgIpc) is 1.97. The Morgan fingerprint density at radius 2 is 2.00 bits per heavy atom. The van der Waals surface area contributed by atoms with Crippen LogP contribution in [0.1, 0.15) is 40.0 Å². The lowest BCUT2D eigenvalue weighted by Crippen LogP contribution is -2.22. The molecule has 0 aromatic heterocycles. The van der Waals surface area contributed by atoms with E-state index in [1.165, 1.54) is 0 Å². The van der Waals surface area contributed by atoms with Gasteiger partial charge in [0.1, 0.15) is 0 Å². The van der Waals surface area contributed by atoms with Gasteiger partial charge in [-0.1, -0.05) is 13.8 Å². The van der Waals surface area contributed by atoms with E-state index in [4.69, 9.17) is 10.5 Å². The lowest BCUT2D eigenvalue weighted by atomic mass is 10.0. The van der Waals surface area contributed by atoms with Gasteiger partial charge in [-0.3, -0.25) is 0 Å². The van der Waals surface area contributed by atoms with Crippen LogP contribution in [0.4, 0.5) is 0 Å². The highest BCUT2D eigenvalue weighted by Crippen LogP contribution is 2.07. The van der Waals surface area contributed by atoms with Gasteiger partial charge in [0.2, 0.25) is 0 Å². The Morgan fingerprint density at radius 1 is 1.33 bits per heavy atom. The Kier molecular flexibility index (Phi) is 7.51. The highest BCUT2D eigenvalue weighted by Gasteiger charge is 2.04. The maximum Gasteiger partial charge on any atom is 0.0466 e. The average molecular weight is 173 g/mol. The summed E-state index contributed by atoms with van der Waals surface area (Å²) in [5, 5.41) is 0. The molecule has 0 saturated heterocycles. The normalized spacial score (nSPS) is 13.8. The standard InChI is InChI=1S/C10H23NO/c1-4-12-7-5-6-10(11)8-9(2)3/h9-10H,4-8,11H2,1-3H3. The Labute approximate surface area is 76.5 Å². The molecule has 2 heteroatoms. The third-order valence-electron chi connectivity index (χ3n) is 1.84. The first-order valence-electron chi connectivity index (χ1n) is 5.00. The van der Waals surface area contributed by atoms with Gasteiger partial charge in [-0.05, 0) is 32.1 Å². The van der Waals surface area contributed by atoms with Gasteiger partial charge in [-0.15, -0.1) is 0 Å². The minimum atomic E-state index is 0.366. The van der Waals surface area contributed by atoms with Crippen molar-refractivity contribution in [3.8, 4) is 0 Å². The summed E-state index contributed by atoms with van der Waals surface area (Å²) in [6, 6.07) is 0.366. The number of rotatable bonds is 7. The van der Waals surface area contributed by atoms with E-state index < -0.39 is 0 Å². The highest BCUT2D eigenvalue weighted by molar-refractivity contribution is 4.62. The molecule has 0 aliphatic carbocycles. The lowest BCUT2D eigenvalue weighted by molar-refractivity contribution is 0.141. The van der Waals surface area contributed by atoms with Crippen LogP contribution in [-0.2, 0) is 4.74 Å². The van der Waals surface area contributed by atoms with Gasteiger partial charge in [-0.2, -0.15) is 0 Å². The first kappa shape index (κ1) is 11.9. The van der Waals surface area contributed by atoms with Gasteiger partial charge in [0.05, 0.1) is 0 Å². The van der Waals surface area contributed by atoms with Gasteiger partial charge in [0.25, 0.3) is 0 Å². The molecule has 0 heterocycles. The van der Waals surface area contributed by atoms with Crippen molar-refractivity contribution in [3.63, 3.8) is 0 Å². The van der Waals surface area contributed by atoms with Crippen LogP contribution >= 0.6 is 0 Å². The van der Waals surface area contributed by atoms with E-state index in [1.54, 1.807) is 0 Å². The van der Waals surface area contributed by atoms with Crippen LogP contribution in [0, 0.1) is 5.92 Å². The van der Waals surface area contributed by atoms with Crippen LogP contribution < -0.4 is 5.73 Å². The molecule has 1 atom stereocenters. The summed E-state index contributed by atoms with van der Waals surface area (Å²) in [6.07, 6.45) is 3.33. The Balaban J connectivity index is 3.14. The molecule has 2 N–H and O–H groups in total. The van der Waals surface area contributed by atoms with E-state index in [-0.39, 0.29) is 0 Å². The molecule has 0 rings (SSSR count).